The zero-order chi connectivity index (χ0) is 21.0. The molecule has 29 heavy (non-hydrogen) atoms. The van der Waals surface area contributed by atoms with Gasteiger partial charge in [-0.15, -0.1) is 0 Å². The van der Waals surface area contributed by atoms with Crippen LogP contribution >= 0.6 is 0 Å². The summed E-state index contributed by atoms with van der Waals surface area (Å²) in [5.41, 5.74) is 0.756. The lowest BCUT2D eigenvalue weighted by Gasteiger charge is -2.47. The lowest BCUT2D eigenvalue weighted by molar-refractivity contribution is -0.132. The van der Waals surface area contributed by atoms with E-state index in [4.69, 9.17) is 9.47 Å². The van der Waals surface area contributed by atoms with Crippen molar-refractivity contribution in [3.05, 3.63) is 53.6 Å². The van der Waals surface area contributed by atoms with Crippen molar-refractivity contribution in [3.8, 4) is 11.5 Å². The molecule has 4 rings (SSSR count). The van der Waals surface area contributed by atoms with Crippen molar-refractivity contribution in [2.75, 3.05) is 7.11 Å². The Balaban J connectivity index is 1.82. The Bertz CT molecular complexity index is 1060. The molecule has 2 aliphatic rings. The average Bonchev–Trinajstić information content (AvgIpc) is 2.66. The van der Waals surface area contributed by atoms with Crippen LogP contribution in [0.2, 0.25) is 0 Å². The first-order valence-corrected chi connectivity index (χ1v) is 11.2. The molecule has 2 aliphatic heterocycles. The van der Waals surface area contributed by atoms with Crippen LogP contribution in [0.4, 0.5) is 0 Å². The molecule has 2 aromatic carbocycles. The third-order valence-electron chi connectivity index (χ3n) is 5.79. The number of sulfone groups is 1. The van der Waals surface area contributed by atoms with E-state index in [1.54, 1.807) is 31.2 Å². The van der Waals surface area contributed by atoms with Crippen molar-refractivity contribution in [3.63, 3.8) is 0 Å². The summed E-state index contributed by atoms with van der Waals surface area (Å²) in [5.74, 6) is 0.240. The molecule has 0 aliphatic carbocycles. The van der Waals surface area contributed by atoms with Crippen molar-refractivity contribution in [2.45, 2.75) is 54.9 Å². The van der Waals surface area contributed by atoms with Gasteiger partial charge in [-0.1, -0.05) is 38.1 Å². The first-order valence-electron chi connectivity index (χ1n) is 9.68. The fourth-order valence-corrected chi connectivity index (χ4v) is 6.12. The molecule has 3 atom stereocenters. The molecule has 1 saturated heterocycles. The van der Waals surface area contributed by atoms with Gasteiger partial charge in [-0.05, 0) is 36.6 Å². The van der Waals surface area contributed by atoms with Crippen molar-refractivity contribution in [2.24, 2.45) is 0 Å². The summed E-state index contributed by atoms with van der Waals surface area (Å²) in [7, 11) is -2.37. The second-order valence-corrected chi connectivity index (χ2v) is 10.3. The van der Waals surface area contributed by atoms with Gasteiger partial charge in [0.15, 0.2) is 32.3 Å². The Kier molecular flexibility index (Phi) is 4.61. The molecule has 1 amide bonds. The standard InChI is InChI=1S/C22H25NO5S/c1-13(2)14-8-10-15(11-9-14)29(25,26)20-17-12-22(3,23-21(20)24)28-19-16(17)6-5-7-18(19)27-4/h5-11,13,17,20H,12H2,1-4H3,(H,23,24)/t17-,20+,22+/m1/s1. The van der Waals surface area contributed by atoms with Crippen molar-refractivity contribution < 1.29 is 22.7 Å². The van der Waals surface area contributed by atoms with Crippen LogP contribution in [0.1, 0.15) is 50.2 Å². The molecule has 0 aromatic heterocycles. The van der Waals surface area contributed by atoms with Gasteiger partial charge in [-0.25, -0.2) is 8.42 Å². The number of hydrogen-bond donors (Lipinski definition) is 1. The maximum absolute atomic E-state index is 13.5. The summed E-state index contributed by atoms with van der Waals surface area (Å²) < 4.78 is 38.5. The Morgan fingerprint density at radius 2 is 1.86 bits per heavy atom. The third-order valence-corrected chi connectivity index (χ3v) is 7.93. The van der Waals surface area contributed by atoms with E-state index in [9.17, 15) is 13.2 Å². The Morgan fingerprint density at radius 3 is 2.48 bits per heavy atom. The van der Waals surface area contributed by atoms with Crippen molar-refractivity contribution in [1.29, 1.82) is 0 Å². The minimum Gasteiger partial charge on any atom is -0.493 e. The van der Waals surface area contributed by atoms with E-state index in [2.05, 4.69) is 5.32 Å². The summed E-state index contributed by atoms with van der Waals surface area (Å²) >= 11 is 0. The van der Waals surface area contributed by atoms with Crippen molar-refractivity contribution in [1.82, 2.24) is 5.32 Å². The van der Waals surface area contributed by atoms with Crippen LogP contribution in [-0.4, -0.2) is 32.4 Å². The molecule has 2 heterocycles. The zero-order valence-electron chi connectivity index (χ0n) is 16.9. The number of methoxy groups -OCH3 is 1. The number of nitrogens with one attached hydrogen (secondary N) is 1. The monoisotopic (exact) mass is 415 g/mol. The average molecular weight is 416 g/mol. The second kappa shape index (κ2) is 6.76. The van der Waals surface area contributed by atoms with Crippen molar-refractivity contribution >= 4 is 15.7 Å². The SMILES string of the molecule is COc1cccc2c1O[C@@]1(C)C[C@H]2[C@H](S(=O)(=O)c2ccc(C(C)C)cc2)C(=O)N1. The molecule has 0 unspecified atom stereocenters. The molecule has 2 bridgehead atoms. The molecule has 7 heteroatoms. The largest absolute Gasteiger partial charge is 0.493 e. The highest BCUT2D eigenvalue weighted by Crippen LogP contribution is 2.50. The number of fused-ring (bicyclic) bond motifs is 4. The summed E-state index contributed by atoms with van der Waals surface area (Å²) in [4.78, 5) is 13.1. The highest BCUT2D eigenvalue weighted by Gasteiger charge is 2.54. The molecular weight excluding hydrogens is 390 g/mol. The van der Waals surface area contributed by atoms with Crippen LogP contribution in [0.25, 0.3) is 0 Å². The van der Waals surface area contributed by atoms with E-state index < -0.39 is 32.6 Å². The number of amides is 1. The van der Waals surface area contributed by atoms with E-state index in [-0.39, 0.29) is 4.90 Å². The summed E-state index contributed by atoms with van der Waals surface area (Å²) in [6, 6.07) is 12.2. The summed E-state index contributed by atoms with van der Waals surface area (Å²) in [5, 5.41) is 1.55. The number of para-hydroxylation sites is 1. The number of hydrogen-bond acceptors (Lipinski definition) is 5. The normalized spacial score (nSPS) is 25.8. The maximum Gasteiger partial charge on any atom is 0.242 e. The van der Waals surface area contributed by atoms with Gasteiger partial charge >= 0.3 is 0 Å². The minimum absolute atomic E-state index is 0.154. The zero-order valence-corrected chi connectivity index (χ0v) is 17.7. The first kappa shape index (κ1) is 19.8. The minimum atomic E-state index is -3.90. The first-order chi connectivity index (χ1) is 13.7. The molecule has 0 saturated carbocycles. The second-order valence-electron chi connectivity index (χ2n) is 8.20. The smallest absolute Gasteiger partial charge is 0.242 e. The Morgan fingerprint density at radius 1 is 1.17 bits per heavy atom. The maximum atomic E-state index is 13.5. The molecule has 2 aromatic rings. The number of carbonyl (C=O) groups excluding carboxylic acids is 1. The highest BCUT2D eigenvalue weighted by molar-refractivity contribution is 7.92. The van der Waals surface area contributed by atoms with Crippen LogP contribution in [0.5, 0.6) is 11.5 Å². The predicted molar refractivity (Wildman–Crippen MR) is 109 cm³/mol. The van der Waals surface area contributed by atoms with Gasteiger partial charge in [-0.2, -0.15) is 0 Å². The van der Waals surface area contributed by atoms with Crippen LogP contribution in [0.15, 0.2) is 47.4 Å². The number of carbonyl (C=O) groups is 1. The van der Waals surface area contributed by atoms with Gasteiger partial charge < -0.3 is 14.8 Å². The molecule has 6 nitrogen and oxygen atoms in total. The summed E-state index contributed by atoms with van der Waals surface area (Å²) in [6.07, 6.45) is 0.368. The Hall–Kier alpha value is -2.54. The molecule has 1 fully saturated rings. The van der Waals surface area contributed by atoms with E-state index >= 15 is 0 Å². The van der Waals surface area contributed by atoms with E-state index in [0.29, 0.717) is 29.4 Å². The van der Waals surface area contributed by atoms with E-state index in [1.807, 2.05) is 32.0 Å². The predicted octanol–water partition coefficient (Wildman–Crippen LogP) is 3.37. The number of ether oxygens (including phenoxy) is 2. The van der Waals surface area contributed by atoms with E-state index in [1.165, 1.54) is 7.11 Å². The van der Waals surface area contributed by atoms with Gasteiger partial charge in [0.05, 0.1) is 12.0 Å². The number of rotatable bonds is 4. The van der Waals surface area contributed by atoms with Gasteiger partial charge in [0.1, 0.15) is 0 Å². The Labute approximate surface area is 171 Å². The van der Waals surface area contributed by atoms with Crippen LogP contribution in [0.3, 0.4) is 0 Å². The van der Waals surface area contributed by atoms with Gasteiger partial charge in [-0.3, -0.25) is 4.79 Å². The topological polar surface area (TPSA) is 81.7 Å². The lowest BCUT2D eigenvalue weighted by Crippen LogP contribution is -2.63. The van der Waals surface area contributed by atoms with E-state index in [0.717, 1.165) is 5.56 Å². The molecule has 0 spiro atoms. The number of benzene rings is 2. The van der Waals surface area contributed by atoms with Crippen LogP contribution < -0.4 is 14.8 Å². The van der Waals surface area contributed by atoms with Crippen LogP contribution in [-0.2, 0) is 14.6 Å². The molecular formula is C22H25NO5S. The molecule has 1 N–H and O–H groups in total. The third kappa shape index (κ3) is 3.17. The van der Waals surface area contributed by atoms with Gasteiger partial charge in [0.25, 0.3) is 0 Å². The lowest BCUT2D eigenvalue weighted by atomic mass is 9.81. The van der Waals surface area contributed by atoms with Gasteiger partial charge in [0.2, 0.25) is 5.91 Å². The summed E-state index contributed by atoms with van der Waals surface area (Å²) in [6.45, 7) is 5.85. The van der Waals surface area contributed by atoms with Gasteiger partial charge in [0, 0.05) is 17.9 Å². The fraction of sp³-hybridized carbons (Fsp3) is 0.409. The quantitative estimate of drug-likeness (QED) is 0.828. The van der Waals surface area contributed by atoms with Crippen LogP contribution in [0, 0.1) is 0 Å². The fourth-order valence-electron chi connectivity index (χ4n) is 4.30. The number of piperidine rings is 1. The molecule has 154 valence electrons. The highest BCUT2D eigenvalue weighted by atomic mass is 32.2. The molecule has 0 radical (unpaired) electrons.